The van der Waals surface area contributed by atoms with E-state index in [-0.39, 0.29) is 0 Å². The molecule has 0 aliphatic rings. The zero-order valence-electron chi connectivity index (χ0n) is 12.1. The molecule has 0 radical (unpaired) electrons. The number of hydrogen-bond donors (Lipinski definition) is 1. The van der Waals surface area contributed by atoms with E-state index in [0.29, 0.717) is 6.04 Å². The van der Waals surface area contributed by atoms with Crippen LogP contribution in [-0.4, -0.2) is 16.0 Å². The zero-order valence-corrected chi connectivity index (χ0v) is 12.1. The maximum absolute atomic E-state index is 4.35. The fourth-order valence-electron chi connectivity index (χ4n) is 1.95. The number of aryl methyl sites for hydroxylation is 1. The van der Waals surface area contributed by atoms with Gasteiger partial charge in [-0.1, -0.05) is 39.0 Å². The van der Waals surface area contributed by atoms with Crippen LogP contribution in [0.15, 0.2) is 12.4 Å². The second kappa shape index (κ2) is 9.03. The van der Waals surface area contributed by atoms with Crippen LogP contribution in [-0.2, 0) is 6.54 Å². The van der Waals surface area contributed by atoms with E-state index in [9.17, 15) is 0 Å². The number of nitrogens with one attached hydrogen (secondary N) is 1. The van der Waals surface area contributed by atoms with Gasteiger partial charge in [0.25, 0.3) is 0 Å². The van der Waals surface area contributed by atoms with Crippen molar-refractivity contribution in [3.05, 3.63) is 23.8 Å². The molecule has 1 N–H and O–H groups in total. The molecule has 3 heteroatoms. The van der Waals surface area contributed by atoms with Gasteiger partial charge in [0.05, 0.1) is 11.4 Å². The molecule has 1 aromatic rings. The largest absolute Gasteiger partial charge is 0.309 e. The summed E-state index contributed by atoms with van der Waals surface area (Å²) in [6, 6.07) is 0.565. The minimum Gasteiger partial charge on any atom is -0.309 e. The van der Waals surface area contributed by atoms with Crippen LogP contribution < -0.4 is 5.32 Å². The highest BCUT2D eigenvalue weighted by molar-refractivity contribution is 5.00. The quantitative estimate of drug-likeness (QED) is 0.679. The van der Waals surface area contributed by atoms with Crippen molar-refractivity contribution in [3.63, 3.8) is 0 Å². The maximum Gasteiger partial charge on any atom is 0.0724 e. The standard InChI is InChI=1S/C15H27N3/c1-4-5-6-7-8-9-13(2)16-11-15-12-17-14(3)10-18-15/h10,12-13,16H,4-9,11H2,1-3H3. The number of hydrogen-bond acceptors (Lipinski definition) is 3. The zero-order chi connectivity index (χ0) is 13.2. The van der Waals surface area contributed by atoms with Crippen LogP contribution in [0, 0.1) is 6.92 Å². The van der Waals surface area contributed by atoms with Crippen molar-refractivity contribution in [2.45, 2.75) is 71.9 Å². The Kier molecular flexibility index (Phi) is 7.58. The van der Waals surface area contributed by atoms with Crippen molar-refractivity contribution in [1.29, 1.82) is 0 Å². The monoisotopic (exact) mass is 249 g/mol. The summed E-state index contributed by atoms with van der Waals surface area (Å²) in [5.41, 5.74) is 2.00. The van der Waals surface area contributed by atoms with E-state index in [1.165, 1.54) is 38.5 Å². The third kappa shape index (κ3) is 6.70. The van der Waals surface area contributed by atoms with Gasteiger partial charge < -0.3 is 5.32 Å². The molecule has 102 valence electrons. The van der Waals surface area contributed by atoms with Crippen LogP contribution in [0.25, 0.3) is 0 Å². The van der Waals surface area contributed by atoms with Gasteiger partial charge in [0.2, 0.25) is 0 Å². The highest BCUT2D eigenvalue weighted by Gasteiger charge is 2.02. The lowest BCUT2D eigenvalue weighted by Crippen LogP contribution is -2.25. The van der Waals surface area contributed by atoms with Crippen LogP contribution >= 0.6 is 0 Å². The van der Waals surface area contributed by atoms with Crippen molar-refractivity contribution >= 4 is 0 Å². The predicted molar refractivity (Wildman–Crippen MR) is 76.4 cm³/mol. The molecule has 1 rings (SSSR count). The molecule has 0 spiro atoms. The number of aromatic nitrogens is 2. The SMILES string of the molecule is CCCCCCCC(C)NCc1cnc(C)cn1. The van der Waals surface area contributed by atoms with Crippen LogP contribution in [0.2, 0.25) is 0 Å². The van der Waals surface area contributed by atoms with Crippen LogP contribution in [0.4, 0.5) is 0 Å². The molecule has 0 amide bonds. The molecular weight excluding hydrogens is 222 g/mol. The molecular formula is C15H27N3. The summed E-state index contributed by atoms with van der Waals surface area (Å²) in [4.78, 5) is 8.60. The average Bonchev–Trinajstić information content (AvgIpc) is 2.38. The van der Waals surface area contributed by atoms with Crippen molar-refractivity contribution in [1.82, 2.24) is 15.3 Å². The summed E-state index contributed by atoms with van der Waals surface area (Å²) >= 11 is 0. The van der Waals surface area contributed by atoms with Gasteiger partial charge in [-0.2, -0.15) is 0 Å². The summed E-state index contributed by atoms with van der Waals surface area (Å²) in [5, 5.41) is 3.51. The van der Waals surface area contributed by atoms with Gasteiger partial charge in [0, 0.05) is 25.0 Å². The second-order valence-corrected chi connectivity index (χ2v) is 5.13. The van der Waals surface area contributed by atoms with Crippen molar-refractivity contribution in [2.75, 3.05) is 0 Å². The fraction of sp³-hybridized carbons (Fsp3) is 0.733. The van der Waals surface area contributed by atoms with E-state index in [1.807, 2.05) is 19.3 Å². The molecule has 0 saturated carbocycles. The molecule has 3 nitrogen and oxygen atoms in total. The molecule has 0 aliphatic carbocycles. The summed E-state index contributed by atoms with van der Waals surface area (Å²) in [6.07, 6.45) is 11.7. The van der Waals surface area contributed by atoms with Crippen LogP contribution in [0.1, 0.15) is 63.8 Å². The minimum absolute atomic E-state index is 0.565. The lowest BCUT2D eigenvalue weighted by atomic mass is 10.1. The lowest BCUT2D eigenvalue weighted by molar-refractivity contribution is 0.476. The Morgan fingerprint density at radius 3 is 2.56 bits per heavy atom. The number of rotatable bonds is 9. The third-order valence-electron chi connectivity index (χ3n) is 3.21. The van der Waals surface area contributed by atoms with Gasteiger partial charge in [0.1, 0.15) is 0 Å². The van der Waals surface area contributed by atoms with Gasteiger partial charge >= 0.3 is 0 Å². The molecule has 1 aromatic heterocycles. The fourth-order valence-corrected chi connectivity index (χ4v) is 1.95. The molecule has 0 bridgehead atoms. The molecule has 1 heterocycles. The molecule has 0 aliphatic heterocycles. The Labute approximate surface area is 111 Å². The second-order valence-electron chi connectivity index (χ2n) is 5.13. The molecule has 1 unspecified atom stereocenters. The highest BCUT2D eigenvalue weighted by atomic mass is 14.9. The van der Waals surface area contributed by atoms with Gasteiger partial charge in [-0.05, 0) is 20.3 Å². The van der Waals surface area contributed by atoms with E-state index in [1.54, 1.807) is 0 Å². The first-order chi connectivity index (χ1) is 8.72. The van der Waals surface area contributed by atoms with Crippen LogP contribution in [0.5, 0.6) is 0 Å². The first-order valence-electron chi connectivity index (χ1n) is 7.23. The minimum atomic E-state index is 0.565. The molecule has 18 heavy (non-hydrogen) atoms. The van der Waals surface area contributed by atoms with E-state index in [0.717, 1.165) is 17.9 Å². The van der Waals surface area contributed by atoms with E-state index in [4.69, 9.17) is 0 Å². The van der Waals surface area contributed by atoms with Crippen molar-refractivity contribution in [2.24, 2.45) is 0 Å². The summed E-state index contributed by atoms with van der Waals surface area (Å²) in [6.45, 7) is 7.29. The molecule has 0 saturated heterocycles. The Morgan fingerprint density at radius 1 is 1.11 bits per heavy atom. The normalized spacial score (nSPS) is 12.6. The number of unbranched alkanes of at least 4 members (excludes halogenated alkanes) is 4. The first kappa shape index (κ1) is 15.1. The van der Waals surface area contributed by atoms with Gasteiger partial charge in [0.15, 0.2) is 0 Å². The Bertz CT molecular complexity index is 308. The van der Waals surface area contributed by atoms with Gasteiger partial charge in [-0.25, -0.2) is 0 Å². The van der Waals surface area contributed by atoms with Gasteiger partial charge in [-0.15, -0.1) is 0 Å². The summed E-state index contributed by atoms with van der Waals surface area (Å²) < 4.78 is 0. The smallest absolute Gasteiger partial charge is 0.0724 e. The lowest BCUT2D eigenvalue weighted by Gasteiger charge is -2.13. The van der Waals surface area contributed by atoms with E-state index < -0.39 is 0 Å². The van der Waals surface area contributed by atoms with E-state index in [2.05, 4.69) is 29.1 Å². The average molecular weight is 249 g/mol. The molecule has 1 atom stereocenters. The van der Waals surface area contributed by atoms with Crippen LogP contribution in [0.3, 0.4) is 0 Å². The summed E-state index contributed by atoms with van der Waals surface area (Å²) in [5.74, 6) is 0. The Morgan fingerprint density at radius 2 is 1.89 bits per heavy atom. The summed E-state index contributed by atoms with van der Waals surface area (Å²) in [7, 11) is 0. The van der Waals surface area contributed by atoms with Gasteiger partial charge in [-0.3, -0.25) is 9.97 Å². The highest BCUT2D eigenvalue weighted by Crippen LogP contribution is 2.07. The van der Waals surface area contributed by atoms with Crippen molar-refractivity contribution < 1.29 is 0 Å². The molecule has 0 fully saturated rings. The number of nitrogens with zero attached hydrogens (tertiary/aromatic N) is 2. The topological polar surface area (TPSA) is 37.8 Å². The first-order valence-corrected chi connectivity index (χ1v) is 7.23. The Balaban J connectivity index is 2.09. The third-order valence-corrected chi connectivity index (χ3v) is 3.21. The predicted octanol–water partition coefficient (Wildman–Crippen LogP) is 3.62. The van der Waals surface area contributed by atoms with Crippen molar-refractivity contribution in [3.8, 4) is 0 Å². The molecule has 0 aromatic carbocycles. The van der Waals surface area contributed by atoms with E-state index >= 15 is 0 Å². The maximum atomic E-state index is 4.35. The Hall–Kier alpha value is -0.960.